The van der Waals surface area contributed by atoms with Gasteiger partial charge in [0.2, 0.25) is 15.9 Å². The lowest BCUT2D eigenvalue weighted by molar-refractivity contribution is -0.137. The van der Waals surface area contributed by atoms with E-state index in [-0.39, 0.29) is 43.4 Å². The number of rotatable bonds is 8. The highest BCUT2D eigenvalue weighted by atomic mass is 32.2. The first-order valence-corrected chi connectivity index (χ1v) is 12.4. The van der Waals surface area contributed by atoms with Gasteiger partial charge in [-0.15, -0.1) is 0 Å². The fraction of sp³-hybridized carbons (Fsp3) is 0.556. The van der Waals surface area contributed by atoms with Gasteiger partial charge in [-0.25, -0.2) is 8.42 Å². The molecule has 0 radical (unpaired) electrons. The molecule has 1 aromatic rings. The third-order valence-corrected chi connectivity index (χ3v) is 7.04. The Kier molecular flexibility index (Phi) is 8.74. The number of carbonyl (C=O) groups excluding carboxylic acids is 2. The predicted molar refractivity (Wildman–Crippen MR) is 112 cm³/mol. The summed E-state index contributed by atoms with van der Waals surface area (Å²) in [7, 11) is -3.35. The van der Waals surface area contributed by atoms with Crippen LogP contribution < -0.4 is 11.1 Å². The maximum absolute atomic E-state index is 13.0. The summed E-state index contributed by atoms with van der Waals surface area (Å²) in [5, 5.41) is 2.58. The van der Waals surface area contributed by atoms with E-state index in [0.29, 0.717) is 12.3 Å². The van der Waals surface area contributed by atoms with Crippen LogP contribution in [0, 0.1) is 0 Å². The first-order chi connectivity index (χ1) is 14.4. The van der Waals surface area contributed by atoms with Gasteiger partial charge in [-0.3, -0.25) is 9.59 Å². The molecule has 0 aliphatic carbocycles. The molecule has 1 aromatic carbocycles. The Morgan fingerprint density at radius 2 is 1.74 bits per heavy atom. The lowest BCUT2D eigenvalue weighted by Gasteiger charge is -2.35. The van der Waals surface area contributed by atoms with Crippen LogP contribution in [0.4, 0.5) is 13.2 Å². The largest absolute Gasteiger partial charge is 0.416 e. The van der Waals surface area contributed by atoms with Crippen LogP contribution in [-0.2, 0) is 21.0 Å². The van der Waals surface area contributed by atoms with Gasteiger partial charge in [-0.1, -0.05) is 0 Å². The number of sulfonamides is 1. The number of hydrogen-bond donors (Lipinski definition) is 2. The third kappa shape index (κ3) is 7.37. The smallest absolute Gasteiger partial charge is 0.339 e. The summed E-state index contributed by atoms with van der Waals surface area (Å²) in [6.45, 7) is 1.05. The molecule has 3 N–H and O–H groups in total. The van der Waals surface area contributed by atoms with E-state index in [1.807, 2.05) is 0 Å². The van der Waals surface area contributed by atoms with Gasteiger partial charge in [0, 0.05) is 49.8 Å². The van der Waals surface area contributed by atoms with Gasteiger partial charge in [0.15, 0.2) is 0 Å². The number of nitrogens with two attached hydrogens (primary N) is 1. The second-order valence-corrected chi connectivity index (χ2v) is 10.1. The predicted octanol–water partition coefficient (Wildman–Crippen LogP) is 0.600. The van der Waals surface area contributed by atoms with Crippen molar-refractivity contribution in [2.75, 3.05) is 50.5 Å². The number of piperazine rings is 1. The Labute approximate surface area is 183 Å². The topological polar surface area (TPSA) is 113 Å². The zero-order valence-corrected chi connectivity index (χ0v) is 18.5. The third-order valence-electron chi connectivity index (χ3n) is 4.64. The highest BCUT2D eigenvalue weighted by Crippen LogP contribution is 2.29. The summed E-state index contributed by atoms with van der Waals surface area (Å²) in [6.07, 6.45) is -3.42. The Morgan fingerprint density at radius 1 is 1.16 bits per heavy atom. The highest BCUT2D eigenvalue weighted by molar-refractivity contribution is 7.99. The monoisotopic (exact) mass is 482 g/mol. The normalized spacial score (nSPS) is 16.7. The van der Waals surface area contributed by atoms with Crippen molar-refractivity contribution in [1.82, 2.24) is 14.5 Å². The van der Waals surface area contributed by atoms with Crippen LogP contribution in [0.15, 0.2) is 24.3 Å². The van der Waals surface area contributed by atoms with Gasteiger partial charge < -0.3 is 16.0 Å². The standard InChI is InChI=1S/C18H25F3N4O4S2/c1-31(28,29)25-9-7-24(8-10-25)17(27)15(12-30-11-6-22)23-16(26)13-2-4-14(5-3-13)18(19,20)21/h2-5,15H,6-12,22H2,1H3,(H,23,26)/t15-/m0/s1. The van der Waals surface area contributed by atoms with E-state index >= 15 is 0 Å². The number of alkyl halides is 3. The van der Waals surface area contributed by atoms with E-state index in [1.54, 1.807) is 0 Å². The van der Waals surface area contributed by atoms with Crippen LogP contribution in [0.3, 0.4) is 0 Å². The van der Waals surface area contributed by atoms with Gasteiger partial charge in [-0.05, 0) is 24.3 Å². The molecule has 13 heteroatoms. The summed E-state index contributed by atoms with van der Waals surface area (Å²) >= 11 is 1.36. The first kappa shape index (κ1) is 25.4. The Morgan fingerprint density at radius 3 is 2.23 bits per heavy atom. The molecule has 1 atom stereocenters. The number of amides is 2. The maximum Gasteiger partial charge on any atom is 0.416 e. The molecule has 1 aliphatic heterocycles. The summed E-state index contributed by atoms with van der Waals surface area (Å²) in [4.78, 5) is 27.0. The quantitative estimate of drug-likeness (QED) is 0.525. The van der Waals surface area contributed by atoms with Gasteiger partial charge in [0.25, 0.3) is 5.91 Å². The first-order valence-electron chi connectivity index (χ1n) is 9.43. The lowest BCUT2D eigenvalue weighted by atomic mass is 10.1. The molecule has 0 unspecified atom stereocenters. The molecule has 8 nitrogen and oxygen atoms in total. The summed E-state index contributed by atoms with van der Waals surface area (Å²) in [5.74, 6) is -0.260. The van der Waals surface area contributed by atoms with Crippen LogP contribution in [0.2, 0.25) is 0 Å². The average molecular weight is 483 g/mol. The van der Waals surface area contributed by atoms with Crippen LogP contribution in [0.5, 0.6) is 0 Å². The van der Waals surface area contributed by atoms with Gasteiger partial charge in [0.1, 0.15) is 6.04 Å². The molecule has 0 saturated carbocycles. The van der Waals surface area contributed by atoms with Crippen molar-refractivity contribution < 1.29 is 31.2 Å². The molecular formula is C18H25F3N4O4S2. The number of thioether (sulfide) groups is 1. The van der Waals surface area contributed by atoms with E-state index in [1.165, 1.54) is 21.0 Å². The van der Waals surface area contributed by atoms with E-state index in [9.17, 15) is 31.2 Å². The van der Waals surface area contributed by atoms with Crippen LogP contribution in [-0.4, -0.2) is 86.0 Å². The molecular weight excluding hydrogens is 457 g/mol. The SMILES string of the molecule is CS(=O)(=O)N1CCN(C(=O)[C@H](CSCCN)NC(=O)c2ccc(C(F)(F)F)cc2)CC1. The molecule has 2 amide bonds. The minimum atomic E-state index is -4.51. The molecule has 0 aromatic heterocycles. The fourth-order valence-corrected chi connectivity index (χ4v) is 4.59. The van der Waals surface area contributed by atoms with Crippen molar-refractivity contribution in [3.05, 3.63) is 35.4 Å². The van der Waals surface area contributed by atoms with Crippen molar-refractivity contribution in [3.63, 3.8) is 0 Å². The molecule has 1 aliphatic rings. The maximum atomic E-state index is 13.0. The average Bonchev–Trinajstić information content (AvgIpc) is 2.71. The van der Waals surface area contributed by atoms with E-state index < -0.39 is 33.7 Å². The van der Waals surface area contributed by atoms with E-state index in [2.05, 4.69) is 5.32 Å². The summed E-state index contributed by atoms with van der Waals surface area (Å²) in [5.41, 5.74) is 4.59. The number of nitrogens with one attached hydrogen (secondary N) is 1. The van der Waals surface area contributed by atoms with Crippen molar-refractivity contribution in [2.24, 2.45) is 5.73 Å². The Bertz CT molecular complexity index is 871. The lowest BCUT2D eigenvalue weighted by Crippen LogP contribution is -2.56. The number of halogens is 3. The molecule has 1 heterocycles. The second-order valence-electron chi connectivity index (χ2n) is 6.95. The number of benzene rings is 1. The zero-order chi connectivity index (χ0) is 23.2. The molecule has 2 rings (SSSR count). The van der Waals surface area contributed by atoms with Crippen LogP contribution >= 0.6 is 11.8 Å². The molecule has 1 fully saturated rings. The van der Waals surface area contributed by atoms with E-state index in [0.717, 1.165) is 30.5 Å². The van der Waals surface area contributed by atoms with Gasteiger partial charge in [0.05, 0.1) is 11.8 Å². The van der Waals surface area contributed by atoms with Crippen molar-refractivity contribution in [1.29, 1.82) is 0 Å². The molecule has 1 saturated heterocycles. The van der Waals surface area contributed by atoms with Crippen LogP contribution in [0.1, 0.15) is 15.9 Å². The Balaban J connectivity index is 2.07. The fourth-order valence-electron chi connectivity index (χ4n) is 2.97. The Hall–Kier alpha value is -1.83. The summed E-state index contributed by atoms with van der Waals surface area (Å²) in [6, 6.07) is 2.80. The summed E-state index contributed by atoms with van der Waals surface area (Å²) < 4.78 is 62.7. The minimum Gasteiger partial charge on any atom is -0.339 e. The molecule has 0 bridgehead atoms. The number of nitrogens with zero attached hydrogens (tertiary/aromatic N) is 2. The van der Waals surface area contributed by atoms with Crippen molar-refractivity contribution in [3.8, 4) is 0 Å². The van der Waals surface area contributed by atoms with E-state index in [4.69, 9.17) is 5.73 Å². The molecule has 31 heavy (non-hydrogen) atoms. The zero-order valence-electron chi connectivity index (χ0n) is 16.9. The van der Waals surface area contributed by atoms with Crippen molar-refractivity contribution in [2.45, 2.75) is 12.2 Å². The van der Waals surface area contributed by atoms with Crippen molar-refractivity contribution >= 4 is 33.6 Å². The minimum absolute atomic E-state index is 0.00322. The van der Waals surface area contributed by atoms with Gasteiger partial charge in [-0.2, -0.15) is 29.2 Å². The molecule has 0 spiro atoms. The number of hydrogen-bond acceptors (Lipinski definition) is 6. The highest BCUT2D eigenvalue weighted by Gasteiger charge is 2.32. The van der Waals surface area contributed by atoms with Gasteiger partial charge >= 0.3 is 6.18 Å². The number of carbonyl (C=O) groups is 2. The molecule has 174 valence electrons. The second kappa shape index (κ2) is 10.7. The van der Waals surface area contributed by atoms with Crippen LogP contribution in [0.25, 0.3) is 0 Å².